The maximum Gasteiger partial charge on any atom is 3.00 e. The molecule has 1 aromatic heterocycles. The van der Waals surface area contributed by atoms with Crippen LogP contribution in [0, 0.1) is 54.7 Å². The zero-order valence-electron chi connectivity index (χ0n) is 15.8. The number of hydrogen-bond donors (Lipinski definition) is 0. The first-order valence-corrected chi connectivity index (χ1v) is 8.35. The van der Waals surface area contributed by atoms with Crippen LogP contribution in [0.1, 0.15) is 22.5 Å². The Labute approximate surface area is 228 Å². The van der Waals surface area contributed by atoms with E-state index in [9.17, 15) is 0 Å². The topological polar surface area (TPSA) is 37.6 Å². The molecule has 0 saturated carbocycles. The molecule has 2 aromatic carbocycles. The van der Waals surface area contributed by atoms with Gasteiger partial charge in [0.15, 0.2) is 0 Å². The van der Waals surface area contributed by atoms with E-state index in [4.69, 9.17) is 11.6 Å². The summed E-state index contributed by atoms with van der Waals surface area (Å²) in [6.07, 6.45) is 3.42. The third-order valence-electron chi connectivity index (χ3n) is 3.59. The van der Waals surface area contributed by atoms with E-state index in [0.29, 0.717) is 16.4 Å². The zero-order chi connectivity index (χ0) is 17.6. The van der Waals surface area contributed by atoms with Gasteiger partial charge in [-0.1, -0.05) is 47.0 Å². The van der Waals surface area contributed by atoms with Gasteiger partial charge in [0, 0.05) is 5.02 Å². The molecule has 29 heavy (non-hydrogen) atoms. The van der Waals surface area contributed by atoms with E-state index in [1.165, 1.54) is 11.1 Å². The molecule has 0 spiro atoms. The fourth-order valence-corrected chi connectivity index (χ4v) is 2.44. The largest absolute Gasteiger partial charge is 3.00 e. The van der Waals surface area contributed by atoms with Gasteiger partial charge in [-0.15, -0.1) is 0 Å². The molecule has 1 heterocycles. The van der Waals surface area contributed by atoms with Crippen molar-refractivity contribution in [2.45, 2.75) is 13.8 Å². The summed E-state index contributed by atoms with van der Waals surface area (Å²) in [6.45, 7) is 4.09. The van der Waals surface area contributed by atoms with Gasteiger partial charge in [0.25, 0.3) is 0 Å². The average Bonchev–Trinajstić information content (AvgIpc) is 2.60. The van der Waals surface area contributed by atoms with Crippen molar-refractivity contribution in [2.75, 3.05) is 0 Å². The molecule has 3 nitrogen and oxygen atoms in total. The van der Waals surface area contributed by atoms with Crippen molar-refractivity contribution in [2.24, 2.45) is 9.98 Å². The molecular weight excluding hydrogens is 580 g/mol. The second-order valence-electron chi connectivity index (χ2n) is 5.82. The molecule has 0 aliphatic rings. The maximum absolute atomic E-state index is 6.19. The normalized spacial score (nSPS) is 9.90. The molecule has 8 heteroatoms. The minimum absolute atomic E-state index is 0. The van der Waals surface area contributed by atoms with Gasteiger partial charge < -0.3 is 37.2 Å². The Bertz CT molecular complexity index is 854. The van der Waals surface area contributed by atoms with E-state index >= 15 is 0 Å². The van der Waals surface area contributed by atoms with Crippen LogP contribution in [0.15, 0.2) is 70.6 Å². The Kier molecular flexibility index (Phi) is 16.1. The predicted octanol–water partition coefficient (Wildman–Crippen LogP) is -3.13. The average molecular weight is 598 g/mol. The third-order valence-corrected chi connectivity index (χ3v) is 3.81. The van der Waals surface area contributed by atoms with Crippen LogP contribution in [-0.2, 0) is 0 Å². The fraction of sp³-hybridized carbons (Fsp3) is 0.0952. The standard InChI is InChI=1S/C21H18ClN3.3ClH.Nd/c1-15-3-7-18(8-4-15)23-13-20-11-17(22)12-21(25-20)14-24-19-9-5-16(2)6-10-19;;;;/h3-14H,1-2H3;3*1H;/q;;;;+3/p-3. The van der Waals surface area contributed by atoms with Crippen molar-refractivity contribution in [1.29, 1.82) is 0 Å². The monoisotopic (exact) mass is 594 g/mol. The summed E-state index contributed by atoms with van der Waals surface area (Å²) in [7, 11) is 0. The zero-order valence-corrected chi connectivity index (χ0v) is 22.0. The predicted molar refractivity (Wildman–Crippen MR) is 106 cm³/mol. The second kappa shape index (κ2) is 15.3. The summed E-state index contributed by atoms with van der Waals surface area (Å²) in [6, 6.07) is 19.5. The van der Waals surface area contributed by atoms with Gasteiger partial charge in [-0.3, -0.25) is 9.98 Å². The van der Waals surface area contributed by atoms with E-state index in [2.05, 4.69) is 15.0 Å². The quantitative estimate of drug-likeness (QED) is 0.293. The van der Waals surface area contributed by atoms with E-state index in [1.54, 1.807) is 24.6 Å². The fourth-order valence-electron chi connectivity index (χ4n) is 2.21. The first kappa shape index (κ1) is 30.6. The SMILES string of the molecule is Cc1ccc(N=Cc2cc(Cl)cc(C=Nc3ccc(C)cc3)n2)cc1.[Cl-].[Cl-].[Cl-].[Nd+3]. The summed E-state index contributed by atoms with van der Waals surface area (Å²) in [5, 5.41) is 0.603. The van der Waals surface area contributed by atoms with Crippen molar-refractivity contribution < 1.29 is 78.1 Å². The molecule has 0 fully saturated rings. The molecule has 0 aliphatic carbocycles. The smallest absolute Gasteiger partial charge is 1.00 e. The van der Waals surface area contributed by atoms with Gasteiger partial charge in [0.2, 0.25) is 0 Å². The first-order valence-electron chi connectivity index (χ1n) is 7.97. The third kappa shape index (κ3) is 10.3. The number of halogens is 4. The van der Waals surface area contributed by atoms with Crippen molar-refractivity contribution in [3.63, 3.8) is 0 Å². The van der Waals surface area contributed by atoms with Crippen LogP contribution in [0.3, 0.4) is 0 Å². The summed E-state index contributed by atoms with van der Waals surface area (Å²) in [4.78, 5) is 13.4. The minimum Gasteiger partial charge on any atom is -1.00 e. The van der Waals surface area contributed by atoms with E-state index in [1.807, 2.05) is 62.4 Å². The number of hydrogen-bond acceptors (Lipinski definition) is 3. The molecule has 0 saturated heterocycles. The molecule has 0 bridgehead atoms. The molecule has 149 valence electrons. The Balaban J connectivity index is 0. The molecule has 3 rings (SSSR count). The van der Waals surface area contributed by atoms with Crippen molar-refractivity contribution in [1.82, 2.24) is 4.98 Å². The number of pyridine rings is 1. The van der Waals surface area contributed by atoms with Gasteiger partial charge in [0.05, 0.1) is 35.2 Å². The molecule has 0 atom stereocenters. The van der Waals surface area contributed by atoms with Crippen LogP contribution in [0.4, 0.5) is 11.4 Å². The van der Waals surface area contributed by atoms with Crippen LogP contribution >= 0.6 is 11.6 Å². The minimum atomic E-state index is 0. The van der Waals surface area contributed by atoms with Gasteiger partial charge >= 0.3 is 40.8 Å². The molecular formula is C21H18Cl4N3Nd. The van der Waals surface area contributed by atoms with Crippen molar-refractivity contribution in [3.05, 3.63) is 88.2 Å². The van der Waals surface area contributed by atoms with Crippen molar-refractivity contribution >= 4 is 35.4 Å². The Hall–Kier alpha value is -0.559. The maximum atomic E-state index is 6.19. The van der Waals surface area contributed by atoms with Gasteiger partial charge in [-0.05, 0) is 50.2 Å². The van der Waals surface area contributed by atoms with Gasteiger partial charge in [-0.2, -0.15) is 0 Å². The van der Waals surface area contributed by atoms with Crippen LogP contribution < -0.4 is 37.2 Å². The van der Waals surface area contributed by atoms with E-state index in [0.717, 1.165) is 11.4 Å². The molecule has 0 unspecified atom stereocenters. The summed E-state index contributed by atoms with van der Waals surface area (Å²) in [5.74, 6) is 0. The van der Waals surface area contributed by atoms with Gasteiger partial charge in [-0.25, -0.2) is 4.98 Å². The number of benzene rings is 2. The Morgan fingerprint density at radius 3 is 1.38 bits per heavy atom. The van der Waals surface area contributed by atoms with Gasteiger partial charge in [0.1, 0.15) is 0 Å². The molecule has 0 amide bonds. The number of rotatable bonds is 4. The number of nitrogens with zero attached hydrogens (tertiary/aromatic N) is 3. The number of aryl methyl sites for hydroxylation is 2. The molecule has 3 aromatic rings. The molecule has 0 N–H and O–H groups in total. The van der Waals surface area contributed by atoms with E-state index < -0.39 is 0 Å². The number of aliphatic imine (C=N–C) groups is 2. The Morgan fingerprint density at radius 1 is 0.690 bits per heavy atom. The molecule has 0 aliphatic heterocycles. The summed E-state index contributed by atoms with van der Waals surface area (Å²) >= 11 is 6.19. The molecule has 1 radical (unpaired) electrons. The van der Waals surface area contributed by atoms with Crippen LogP contribution in [-0.4, -0.2) is 17.4 Å². The van der Waals surface area contributed by atoms with Crippen molar-refractivity contribution in [3.8, 4) is 0 Å². The summed E-state index contributed by atoms with van der Waals surface area (Å²) < 4.78 is 0. The van der Waals surface area contributed by atoms with Crippen LogP contribution in [0.2, 0.25) is 5.02 Å². The first-order chi connectivity index (χ1) is 12.1. The second-order valence-corrected chi connectivity index (χ2v) is 6.26. The van der Waals surface area contributed by atoms with Crippen LogP contribution in [0.25, 0.3) is 0 Å². The van der Waals surface area contributed by atoms with Crippen LogP contribution in [0.5, 0.6) is 0 Å². The summed E-state index contributed by atoms with van der Waals surface area (Å²) in [5.41, 5.74) is 5.55. The van der Waals surface area contributed by atoms with E-state index in [-0.39, 0.29) is 78.1 Å². The number of aromatic nitrogens is 1. The Morgan fingerprint density at radius 2 is 1.03 bits per heavy atom.